The van der Waals surface area contributed by atoms with Crippen LogP contribution in [0.15, 0.2) is 54.6 Å². The first-order valence-corrected chi connectivity index (χ1v) is 9.81. The van der Waals surface area contributed by atoms with E-state index in [2.05, 4.69) is 27.8 Å². The smallest absolute Gasteiger partial charge is 0.252 e. The van der Waals surface area contributed by atoms with Gasteiger partial charge < -0.3 is 5.32 Å². The number of carbonyl (C=O) groups is 1. The molecule has 0 atom stereocenters. The standard InChI is InChI=1S/C22H25N5O/c1-16-8-10-19(11-9-16)27-21(24-25-26-27)22(14-12-17(2)13-15-22)23-20(28)18-6-4-3-5-7-18/h3-11,17H,12-15H2,1-2H3,(H,23,28). The highest BCUT2D eigenvalue weighted by atomic mass is 16.1. The molecule has 6 heteroatoms. The summed E-state index contributed by atoms with van der Waals surface area (Å²) in [6.45, 7) is 4.31. The SMILES string of the molecule is Cc1ccc(-n2nnnc2C2(NC(=O)c3ccccc3)CCC(C)CC2)cc1. The van der Waals surface area contributed by atoms with Gasteiger partial charge in [-0.05, 0) is 73.2 Å². The highest BCUT2D eigenvalue weighted by molar-refractivity contribution is 5.94. The summed E-state index contributed by atoms with van der Waals surface area (Å²) in [5, 5.41) is 15.9. The van der Waals surface area contributed by atoms with E-state index in [-0.39, 0.29) is 5.91 Å². The van der Waals surface area contributed by atoms with Crippen molar-refractivity contribution in [1.29, 1.82) is 0 Å². The van der Waals surface area contributed by atoms with Crippen LogP contribution < -0.4 is 5.32 Å². The molecule has 2 aromatic carbocycles. The summed E-state index contributed by atoms with van der Waals surface area (Å²) >= 11 is 0. The number of aryl methyl sites for hydroxylation is 1. The van der Waals surface area contributed by atoms with Crippen LogP contribution in [0.3, 0.4) is 0 Å². The van der Waals surface area contributed by atoms with Crippen LogP contribution in [0.4, 0.5) is 0 Å². The van der Waals surface area contributed by atoms with Gasteiger partial charge in [-0.3, -0.25) is 4.79 Å². The maximum atomic E-state index is 13.0. The van der Waals surface area contributed by atoms with Crippen molar-refractivity contribution in [3.63, 3.8) is 0 Å². The minimum Gasteiger partial charge on any atom is -0.339 e. The van der Waals surface area contributed by atoms with Gasteiger partial charge in [0.1, 0.15) is 5.54 Å². The van der Waals surface area contributed by atoms with Crippen molar-refractivity contribution in [1.82, 2.24) is 25.5 Å². The number of hydrogen-bond donors (Lipinski definition) is 1. The number of benzene rings is 2. The number of nitrogens with one attached hydrogen (secondary N) is 1. The van der Waals surface area contributed by atoms with Crippen molar-refractivity contribution >= 4 is 5.91 Å². The van der Waals surface area contributed by atoms with Crippen LogP contribution in [0, 0.1) is 12.8 Å². The third-order valence-electron chi connectivity index (χ3n) is 5.69. The molecule has 144 valence electrons. The van der Waals surface area contributed by atoms with Crippen LogP contribution in [0.1, 0.15) is 54.4 Å². The summed E-state index contributed by atoms with van der Waals surface area (Å²) in [4.78, 5) is 13.0. The molecule has 28 heavy (non-hydrogen) atoms. The summed E-state index contributed by atoms with van der Waals surface area (Å²) in [6.07, 6.45) is 3.68. The van der Waals surface area contributed by atoms with E-state index >= 15 is 0 Å². The number of nitrogens with zero attached hydrogens (tertiary/aromatic N) is 4. The maximum Gasteiger partial charge on any atom is 0.252 e. The first-order chi connectivity index (χ1) is 13.6. The summed E-state index contributed by atoms with van der Waals surface area (Å²) in [7, 11) is 0. The largest absolute Gasteiger partial charge is 0.339 e. The molecule has 1 N–H and O–H groups in total. The highest BCUT2D eigenvalue weighted by Crippen LogP contribution is 2.39. The second-order valence-corrected chi connectivity index (χ2v) is 7.83. The highest BCUT2D eigenvalue weighted by Gasteiger charge is 2.42. The normalized spacial score (nSPS) is 22.0. The van der Waals surface area contributed by atoms with Crippen molar-refractivity contribution in [3.05, 3.63) is 71.5 Å². The Morgan fingerprint density at radius 1 is 1.07 bits per heavy atom. The Morgan fingerprint density at radius 2 is 1.75 bits per heavy atom. The quantitative estimate of drug-likeness (QED) is 0.753. The molecule has 0 radical (unpaired) electrons. The Bertz CT molecular complexity index is 941. The molecule has 1 fully saturated rings. The predicted molar refractivity (Wildman–Crippen MR) is 107 cm³/mol. The molecule has 0 spiro atoms. The van der Waals surface area contributed by atoms with Crippen LogP contribution >= 0.6 is 0 Å². The number of carbonyl (C=O) groups excluding carboxylic acids is 1. The van der Waals surface area contributed by atoms with Crippen molar-refractivity contribution in [2.75, 3.05) is 0 Å². The number of amides is 1. The number of rotatable bonds is 4. The van der Waals surface area contributed by atoms with Crippen LogP contribution in [-0.2, 0) is 5.54 Å². The van der Waals surface area contributed by atoms with Gasteiger partial charge in [-0.15, -0.1) is 5.10 Å². The molecular weight excluding hydrogens is 350 g/mol. The third-order valence-corrected chi connectivity index (χ3v) is 5.69. The molecule has 1 saturated carbocycles. The summed E-state index contributed by atoms with van der Waals surface area (Å²) in [5.74, 6) is 1.24. The maximum absolute atomic E-state index is 13.0. The van der Waals surface area contributed by atoms with Gasteiger partial charge in [0.25, 0.3) is 5.91 Å². The molecule has 6 nitrogen and oxygen atoms in total. The lowest BCUT2D eigenvalue weighted by Crippen LogP contribution is -2.49. The van der Waals surface area contributed by atoms with Crippen molar-refractivity contribution < 1.29 is 4.79 Å². The Morgan fingerprint density at radius 3 is 2.43 bits per heavy atom. The van der Waals surface area contributed by atoms with Crippen LogP contribution in [0.5, 0.6) is 0 Å². The molecule has 1 aromatic heterocycles. The van der Waals surface area contributed by atoms with E-state index in [9.17, 15) is 4.79 Å². The van der Waals surface area contributed by atoms with Gasteiger partial charge in [-0.2, -0.15) is 4.68 Å². The van der Waals surface area contributed by atoms with Gasteiger partial charge >= 0.3 is 0 Å². The van der Waals surface area contributed by atoms with Gasteiger partial charge in [0, 0.05) is 5.56 Å². The topological polar surface area (TPSA) is 72.7 Å². The lowest BCUT2D eigenvalue weighted by Gasteiger charge is -2.39. The van der Waals surface area contributed by atoms with E-state index in [0.29, 0.717) is 17.3 Å². The molecule has 0 saturated heterocycles. The summed E-state index contributed by atoms with van der Waals surface area (Å²) in [5.41, 5.74) is 2.15. The molecule has 0 unspecified atom stereocenters. The van der Waals surface area contributed by atoms with Crippen LogP contribution in [0.2, 0.25) is 0 Å². The van der Waals surface area contributed by atoms with Gasteiger partial charge in [0.2, 0.25) is 0 Å². The molecule has 3 aromatic rings. The van der Waals surface area contributed by atoms with Gasteiger partial charge in [-0.25, -0.2) is 0 Å². The van der Waals surface area contributed by atoms with Crippen molar-refractivity contribution in [2.24, 2.45) is 5.92 Å². The van der Waals surface area contributed by atoms with Gasteiger partial charge in [-0.1, -0.05) is 42.8 Å². The van der Waals surface area contributed by atoms with Crippen LogP contribution in [0.25, 0.3) is 5.69 Å². The fraction of sp³-hybridized carbons (Fsp3) is 0.364. The number of aromatic nitrogens is 4. The van der Waals surface area contributed by atoms with E-state index in [0.717, 1.165) is 31.4 Å². The molecule has 0 aliphatic heterocycles. The second-order valence-electron chi connectivity index (χ2n) is 7.83. The molecular formula is C22H25N5O. The first kappa shape index (κ1) is 18.3. The second kappa shape index (κ2) is 7.54. The van der Waals surface area contributed by atoms with E-state index in [1.807, 2.05) is 61.5 Å². The average molecular weight is 375 g/mol. The molecule has 4 rings (SSSR count). The van der Waals surface area contributed by atoms with Gasteiger partial charge in [0.15, 0.2) is 5.82 Å². The Hall–Kier alpha value is -3.02. The molecule has 1 aliphatic rings. The lowest BCUT2D eigenvalue weighted by atomic mass is 9.76. The van der Waals surface area contributed by atoms with E-state index < -0.39 is 5.54 Å². The molecule has 1 aliphatic carbocycles. The van der Waals surface area contributed by atoms with Crippen molar-refractivity contribution in [3.8, 4) is 5.69 Å². The zero-order valence-corrected chi connectivity index (χ0v) is 16.3. The predicted octanol–water partition coefficient (Wildman–Crippen LogP) is 3.81. The van der Waals surface area contributed by atoms with E-state index in [1.165, 1.54) is 5.56 Å². The molecule has 1 heterocycles. The fourth-order valence-corrected chi connectivity index (χ4v) is 3.88. The number of tetrazole rings is 1. The summed E-state index contributed by atoms with van der Waals surface area (Å²) < 4.78 is 1.76. The number of hydrogen-bond acceptors (Lipinski definition) is 4. The molecule has 0 bridgehead atoms. The fourth-order valence-electron chi connectivity index (χ4n) is 3.88. The zero-order valence-electron chi connectivity index (χ0n) is 16.3. The minimum atomic E-state index is -0.576. The van der Waals surface area contributed by atoms with Crippen molar-refractivity contribution in [2.45, 2.75) is 45.1 Å². The zero-order chi connectivity index (χ0) is 19.6. The van der Waals surface area contributed by atoms with E-state index in [4.69, 9.17) is 0 Å². The Kier molecular flexibility index (Phi) is 4.94. The van der Waals surface area contributed by atoms with E-state index in [1.54, 1.807) is 4.68 Å². The average Bonchev–Trinajstić information content (AvgIpc) is 3.22. The molecule has 1 amide bonds. The van der Waals surface area contributed by atoms with Gasteiger partial charge in [0.05, 0.1) is 5.69 Å². The monoisotopic (exact) mass is 375 g/mol. The lowest BCUT2D eigenvalue weighted by molar-refractivity contribution is 0.0836. The van der Waals surface area contributed by atoms with Crippen LogP contribution in [-0.4, -0.2) is 26.1 Å². The third kappa shape index (κ3) is 3.54. The minimum absolute atomic E-state index is 0.0893. The Labute approximate surface area is 165 Å². The summed E-state index contributed by atoms with van der Waals surface area (Å²) in [6, 6.07) is 17.4. The Balaban J connectivity index is 1.72. The first-order valence-electron chi connectivity index (χ1n) is 9.81.